The van der Waals surface area contributed by atoms with Crippen molar-refractivity contribution in [2.75, 3.05) is 42.3 Å². The van der Waals surface area contributed by atoms with Crippen molar-refractivity contribution in [1.82, 2.24) is 15.1 Å². The standard InChI is InChI=1S/C21H24FN7O3S/c22-16-9-13(11-23)1-4-17(16)25-19-15-3-2-14(10-18(15)26-27-20(19)21(24)30)29-7-5-28(6-8-29)12-33(31)32/h1-4,9-10H,5-8,11-12,23H2,(H2,24,30)(H,25,26)(H,31,32)/p-1. The second kappa shape index (κ2) is 9.75. The Hall–Kier alpha value is -3.19. The van der Waals surface area contributed by atoms with Gasteiger partial charge in [-0.2, -0.15) is 0 Å². The van der Waals surface area contributed by atoms with E-state index in [2.05, 4.69) is 20.4 Å². The Morgan fingerprint density at radius 1 is 1.15 bits per heavy atom. The Morgan fingerprint density at radius 2 is 1.91 bits per heavy atom. The van der Waals surface area contributed by atoms with Crippen LogP contribution in [0.3, 0.4) is 0 Å². The number of hydrogen-bond donors (Lipinski definition) is 3. The molecule has 0 bridgehead atoms. The van der Waals surface area contributed by atoms with Gasteiger partial charge in [-0.15, -0.1) is 10.2 Å². The molecule has 1 saturated heterocycles. The van der Waals surface area contributed by atoms with Gasteiger partial charge >= 0.3 is 0 Å². The minimum Gasteiger partial charge on any atom is -0.771 e. The van der Waals surface area contributed by atoms with E-state index in [9.17, 15) is 17.9 Å². The number of nitrogens with two attached hydrogens (primary N) is 2. The van der Waals surface area contributed by atoms with E-state index in [1.54, 1.807) is 12.1 Å². The molecule has 1 fully saturated rings. The van der Waals surface area contributed by atoms with Crippen LogP contribution in [-0.2, 0) is 17.6 Å². The highest BCUT2D eigenvalue weighted by molar-refractivity contribution is 7.79. The number of rotatable bonds is 7. The third-order valence-corrected chi connectivity index (χ3v) is 6.11. The lowest BCUT2D eigenvalue weighted by Crippen LogP contribution is -2.47. The van der Waals surface area contributed by atoms with Crippen molar-refractivity contribution >= 4 is 45.0 Å². The van der Waals surface area contributed by atoms with E-state index in [1.165, 1.54) is 12.1 Å². The van der Waals surface area contributed by atoms with Gasteiger partial charge in [0.2, 0.25) is 0 Å². The van der Waals surface area contributed by atoms with Crippen molar-refractivity contribution in [1.29, 1.82) is 0 Å². The number of primary amides is 1. The number of aromatic nitrogens is 2. The van der Waals surface area contributed by atoms with Crippen LogP contribution >= 0.6 is 0 Å². The van der Waals surface area contributed by atoms with Crippen molar-refractivity contribution in [3.8, 4) is 0 Å². The fraction of sp³-hybridized carbons (Fsp3) is 0.286. The zero-order valence-electron chi connectivity index (χ0n) is 17.7. The molecule has 2 heterocycles. The fourth-order valence-electron chi connectivity index (χ4n) is 3.80. The molecule has 33 heavy (non-hydrogen) atoms. The number of fused-ring (bicyclic) bond motifs is 1. The van der Waals surface area contributed by atoms with Crippen LogP contribution in [0.2, 0.25) is 0 Å². The molecular weight excluding hydrogens is 449 g/mol. The van der Waals surface area contributed by atoms with Gasteiger partial charge in [0, 0.05) is 43.8 Å². The molecule has 12 heteroatoms. The summed E-state index contributed by atoms with van der Waals surface area (Å²) in [4.78, 5) is 16.0. The molecule has 1 atom stereocenters. The predicted molar refractivity (Wildman–Crippen MR) is 123 cm³/mol. The lowest BCUT2D eigenvalue weighted by Gasteiger charge is -2.36. The predicted octanol–water partition coefficient (Wildman–Crippen LogP) is 1.03. The number of amides is 1. The van der Waals surface area contributed by atoms with Crippen LogP contribution in [0.5, 0.6) is 0 Å². The summed E-state index contributed by atoms with van der Waals surface area (Å²) in [7, 11) is 0. The number of nitrogens with one attached hydrogen (secondary N) is 1. The van der Waals surface area contributed by atoms with Crippen LogP contribution in [0, 0.1) is 5.82 Å². The molecule has 0 saturated carbocycles. The minimum absolute atomic E-state index is 0.0186. The van der Waals surface area contributed by atoms with Crippen molar-refractivity contribution in [2.24, 2.45) is 11.5 Å². The highest BCUT2D eigenvalue weighted by atomic mass is 32.2. The molecular formula is C21H23FN7O3S-. The van der Waals surface area contributed by atoms with Crippen LogP contribution in [0.25, 0.3) is 10.9 Å². The second-order valence-electron chi connectivity index (χ2n) is 7.67. The number of nitrogens with zero attached hydrogens (tertiary/aromatic N) is 4. The number of halogens is 1. The Kier molecular flexibility index (Phi) is 6.79. The highest BCUT2D eigenvalue weighted by Crippen LogP contribution is 2.31. The first kappa shape index (κ1) is 23.0. The van der Waals surface area contributed by atoms with Crippen LogP contribution in [0.4, 0.5) is 21.5 Å². The fourth-order valence-corrected chi connectivity index (χ4v) is 4.35. The molecule has 1 unspecified atom stereocenters. The Bertz CT molecular complexity index is 1220. The van der Waals surface area contributed by atoms with Crippen molar-refractivity contribution < 1.29 is 17.9 Å². The number of piperazine rings is 1. The number of carbonyl (C=O) groups is 1. The van der Waals surface area contributed by atoms with E-state index in [4.69, 9.17) is 11.5 Å². The van der Waals surface area contributed by atoms with E-state index in [-0.39, 0.29) is 29.5 Å². The Labute approximate surface area is 192 Å². The summed E-state index contributed by atoms with van der Waals surface area (Å²) in [6, 6.07) is 10.0. The molecule has 0 radical (unpaired) electrons. The third-order valence-electron chi connectivity index (χ3n) is 5.53. The van der Waals surface area contributed by atoms with Gasteiger partial charge < -0.3 is 26.2 Å². The van der Waals surface area contributed by atoms with Crippen molar-refractivity contribution in [3.63, 3.8) is 0 Å². The molecule has 174 valence electrons. The van der Waals surface area contributed by atoms with Gasteiger partial charge in [0.05, 0.1) is 22.8 Å². The topological polar surface area (TPSA) is 154 Å². The second-order valence-corrected chi connectivity index (χ2v) is 8.54. The average molecular weight is 473 g/mol. The monoisotopic (exact) mass is 472 g/mol. The summed E-state index contributed by atoms with van der Waals surface area (Å²) < 4.78 is 36.4. The largest absolute Gasteiger partial charge is 0.771 e. The highest BCUT2D eigenvalue weighted by Gasteiger charge is 2.20. The SMILES string of the molecule is NCc1ccc(Nc2c(C(N)=O)nnc3cc(N4CCN(CS(=O)[O-])CC4)ccc23)c(F)c1. The smallest absolute Gasteiger partial charge is 0.271 e. The molecule has 1 amide bonds. The lowest BCUT2D eigenvalue weighted by atomic mass is 10.1. The van der Waals surface area contributed by atoms with E-state index < -0.39 is 22.8 Å². The molecule has 3 aromatic rings. The zero-order chi connectivity index (χ0) is 23.5. The maximum atomic E-state index is 14.6. The Balaban J connectivity index is 1.65. The van der Waals surface area contributed by atoms with E-state index >= 15 is 0 Å². The van der Waals surface area contributed by atoms with Gasteiger partial charge in [-0.1, -0.05) is 6.07 Å². The summed E-state index contributed by atoms with van der Waals surface area (Å²) in [5.74, 6) is -1.29. The number of anilines is 3. The summed E-state index contributed by atoms with van der Waals surface area (Å²) >= 11 is -2.11. The van der Waals surface area contributed by atoms with Gasteiger partial charge in [-0.3, -0.25) is 13.9 Å². The molecule has 1 aromatic heterocycles. The quantitative estimate of drug-likeness (QED) is 0.428. The molecule has 0 aliphatic carbocycles. The van der Waals surface area contributed by atoms with Gasteiger partial charge in [-0.05, 0) is 47.0 Å². The maximum Gasteiger partial charge on any atom is 0.271 e. The number of hydrogen-bond acceptors (Lipinski definition) is 9. The molecule has 1 aliphatic heterocycles. The normalized spacial score (nSPS) is 15.5. The summed E-state index contributed by atoms with van der Waals surface area (Å²) in [6.45, 7) is 2.74. The van der Waals surface area contributed by atoms with Crippen LogP contribution in [-0.4, -0.2) is 61.8 Å². The van der Waals surface area contributed by atoms with E-state index in [0.29, 0.717) is 42.6 Å². The average Bonchev–Trinajstić information content (AvgIpc) is 2.80. The first-order valence-corrected chi connectivity index (χ1v) is 11.5. The first-order chi connectivity index (χ1) is 15.9. The van der Waals surface area contributed by atoms with Crippen molar-refractivity contribution in [3.05, 3.63) is 53.5 Å². The molecule has 4 rings (SSSR count). The van der Waals surface area contributed by atoms with Crippen LogP contribution < -0.4 is 21.7 Å². The lowest BCUT2D eigenvalue weighted by molar-refractivity contribution is 0.0995. The summed E-state index contributed by atoms with van der Waals surface area (Å²) in [5, 5.41) is 11.6. The van der Waals surface area contributed by atoms with Crippen LogP contribution in [0.15, 0.2) is 36.4 Å². The third kappa shape index (κ3) is 5.09. The van der Waals surface area contributed by atoms with E-state index in [1.807, 2.05) is 17.0 Å². The Morgan fingerprint density at radius 3 is 2.55 bits per heavy atom. The molecule has 1 aliphatic rings. The molecule has 2 aromatic carbocycles. The number of carbonyl (C=O) groups excluding carboxylic acids is 1. The van der Waals surface area contributed by atoms with Gasteiger partial charge in [0.1, 0.15) is 5.82 Å². The van der Waals surface area contributed by atoms with Gasteiger partial charge in [0.15, 0.2) is 5.69 Å². The van der Waals surface area contributed by atoms with E-state index in [0.717, 1.165) is 5.69 Å². The maximum absolute atomic E-state index is 14.6. The summed E-state index contributed by atoms with van der Waals surface area (Å²) in [6.07, 6.45) is 0. The van der Waals surface area contributed by atoms with Gasteiger partial charge in [-0.25, -0.2) is 4.39 Å². The number of benzene rings is 2. The van der Waals surface area contributed by atoms with Crippen LogP contribution in [0.1, 0.15) is 16.1 Å². The molecule has 5 N–H and O–H groups in total. The zero-order valence-corrected chi connectivity index (χ0v) is 18.5. The molecule has 10 nitrogen and oxygen atoms in total. The minimum atomic E-state index is -2.11. The van der Waals surface area contributed by atoms with Crippen molar-refractivity contribution in [2.45, 2.75) is 6.54 Å². The molecule has 0 spiro atoms. The first-order valence-electron chi connectivity index (χ1n) is 10.2. The summed E-state index contributed by atoms with van der Waals surface area (Å²) in [5.41, 5.74) is 13.4. The van der Waals surface area contributed by atoms with Gasteiger partial charge in [0.25, 0.3) is 5.91 Å².